The van der Waals surface area contributed by atoms with E-state index in [-0.39, 0.29) is 17.4 Å². The molecule has 2 aromatic carbocycles. The molecule has 28 heavy (non-hydrogen) atoms. The number of aromatic nitrogens is 2. The van der Waals surface area contributed by atoms with Crippen LogP contribution in [0.1, 0.15) is 22.8 Å². The first-order valence-corrected chi connectivity index (χ1v) is 9.72. The largest absolute Gasteiger partial charge is 0.496 e. The highest BCUT2D eigenvalue weighted by Gasteiger charge is 2.10. The molecule has 1 amide bonds. The predicted molar refractivity (Wildman–Crippen MR) is 110 cm³/mol. The maximum Gasteiger partial charge on any atom is 0.234 e. The number of benzene rings is 2. The van der Waals surface area contributed by atoms with Crippen molar-refractivity contribution in [3.63, 3.8) is 0 Å². The molecule has 0 saturated heterocycles. The van der Waals surface area contributed by atoms with Crippen molar-refractivity contribution >= 4 is 29.1 Å². The molecule has 0 spiro atoms. The quantitative estimate of drug-likeness (QED) is 0.463. The average molecular weight is 395 g/mol. The molecule has 1 aromatic heterocycles. The third-order valence-corrected chi connectivity index (χ3v) is 5.12. The van der Waals surface area contributed by atoms with Crippen molar-refractivity contribution in [1.29, 1.82) is 0 Å². The molecule has 0 aliphatic carbocycles. The van der Waals surface area contributed by atoms with Crippen LogP contribution >= 0.6 is 11.8 Å². The Morgan fingerprint density at radius 2 is 1.89 bits per heavy atom. The molecule has 7 heteroatoms. The fourth-order valence-corrected chi connectivity index (χ4v) is 3.45. The summed E-state index contributed by atoms with van der Waals surface area (Å²) in [4.78, 5) is 27.9. The summed E-state index contributed by atoms with van der Waals surface area (Å²) in [6, 6.07) is 14.7. The number of carbonyl (C=O) groups excluding carboxylic acids is 2. The SMILES string of the molecule is COc1ccccc1Cn1ccnc1SCC(=O)Nc1ccc(C(C)=O)cc1. The van der Waals surface area contributed by atoms with Crippen LogP contribution in [0, 0.1) is 0 Å². The molecule has 1 N–H and O–H groups in total. The van der Waals surface area contributed by atoms with E-state index >= 15 is 0 Å². The lowest BCUT2D eigenvalue weighted by Gasteiger charge is -2.11. The monoisotopic (exact) mass is 395 g/mol. The molecule has 6 nitrogen and oxygen atoms in total. The zero-order valence-corrected chi connectivity index (χ0v) is 16.5. The number of nitrogens with one attached hydrogen (secondary N) is 1. The van der Waals surface area contributed by atoms with E-state index in [2.05, 4.69) is 10.3 Å². The summed E-state index contributed by atoms with van der Waals surface area (Å²) in [7, 11) is 1.65. The van der Waals surface area contributed by atoms with Crippen molar-refractivity contribution in [2.45, 2.75) is 18.6 Å². The third-order valence-electron chi connectivity index (χ3n) is 4.12. The van der Waals surface area contributed by atoms with Crippen LogP contribution < -0.4 is 10.1 Å². The maximum atomic E-state index is 12.2. The van der Waals surface area contributed by atoms with Crippen LogP contribution in [-0.2, 0) is 11.3 Å². The zero-order valence-electron chi connectivity index (χ0n) is 15.7. The molecule has 3 rings (SSSR count). The van der Waals surface area contributed by atoms with E-state index in [1.165, 1.54) is 18.7 Å². The summed E-state index contributed by atoms with van der Waals surface area (Å²) in [5, 5.41) is 3.59. The summed E-state index contributed by atoms with van der Waals surface area (Å²) in [6.07, 6.45) is 3.60. The Morgan fingerprint density at radius 1 is 1.14 bits per heavy atom. The third kappa shape index (κ3) is 5.01. The van der Waals surface area contributed by atoms with Crippen molar-refractivity contribution in [3.8, 4) is 5.75 Å². The summed E-state index contributed by atoms with van der Waals surface area (Å²) in [5.74, 6) is 0.916. The minimum atomic E-state index is -0.132. The Hall–Kier alpha value is -3.06. The number of ketones is 1. The molecule has 0 radical (unpaired) electrons. The summed E-state index contributed by atoms with van der Waals surface area (Å²) in [5.41, 5.74) is 2.32. The number of anilines is 1. The fraction of sp³-hybridized carbons (Fsp3) is 0.190. The van der Waals surface area contributed by atoms with Gasteiger partial charge < -0.3 is 14.6 Å². The number of rotatable bonds is 8. The number of amides is 1. The number of hydrogen-bond donors (Lipinski definition) is 1. The molecule has 0 aliphatic rings. The van der Waals surface area contributed by atoms with Crippen LogP contribution in [-0.4, -0.2) is 34.1 Å². The summed E-state index contributed by atoms with van der Waals surface area (Å²) >= 11 is 1.37. The fourth-order valence-electron chi connectivity index (χ4n) is 2.69. The van der Waals surface area contributed by atoms with Gasteiger partial charge in [0, 0.05) is 29.2 Å². The van der Waals surface area contributed by atoms with Gasteiger partial charge in [0.2, 0.25) is 5.91 Å². The molecular weight excluding hydrogens is 374 g/mol. The molecule has 1 heterocycles. The number of imidazole rings is 1. The summed E-state index contributed by atoms with van der Waals surface area (Å²) < 4.78 is 7.38. The highest BCUT2D eigenvalue weighted by molar-refractivity contribution is 7.99. The van der Waals surface area contributed by atoms with E-state index < -0.39 is 0 Å². The van der Waals surface area contributed by atoms with Gasteiger partial charge in [-0.1, -0.05) is 30.0 Å². The van der Waals surface area contributed by atoms with Crippen molar-refractivity contribution in [2.75, 3.05) is 18.2 Å². The Morgan fingerprint density at radius 3 is 2.61 bits per heavy atom. The predicted octanol–water partition coefficient (Wildman–Crippen LogP) is 3.87. The number of Topliss-reactive ketones (excluding diaryl/α,β-unsaturated/α-hetero) is 1. The van der Waals surface area contributed by atoms with Gasteiger partial charge in [-0.05, 0) is 37.3 Å². The Labute approximate surface area is 167 Å². The first-order valence-electron chi connectivity index (χ1n) is 8.73. The van der Waals surface area contributed by atoms with E-state index in [1.54, 1.807) is 37.6 Å². The first-order chi connectivity index (χ1) is 13.6. The first kappa shape index (κ1) is 19.7. The minimum Gasteiger partial charge on any atom is -0.496 e. The highest BCUT2D eigenvalue weighted by Crippen LogP contribution is 2.22. The zero-order chi connectivity index (χ0) is 19.9. The van der Waals surface area contributed by atoms with Crippen molar-refractivity contribution in [3.05, 3.63) is 72.1 Å². The standard InChI is InChI=1S/C21H21N3O3S/c1-15(25)16-7-9-18(10-8-16)23-20(26)14-28-21-22-11-12-24(21)13-17-5-3-4-6-19(17)27-2/h3-12H,13-14H2,1-2H3,(H,23,26). The van der Waals surface area contributed by atoms with Gasteiger partial charge in [-0.3, -0.25) is 9.59 Å². The van der Waals surface area contributed by atoms with E-state index in [0.29, 0.717) is 17.8 Å². The van der Waals surface area contributed by atoms with Gasteiger partial charge in [-0.15, -0.1) is 0 Å². The van der Waals surface area contributed by atoms with E-state index in [9.17, 15) is 9.59 Å². The maximum absolute atomic E-state index is 12.2. The van der Waals surface area contributed by atoms with Gasteiger partial charge in [0.15, 0.2) is 10.9 Å². The molecule has 0 bridgehead atoms. The minimum absolute atomic E-state index is 0.00434. The lowest BCUT2D eigenvalue weighted by Crippen LogP contribution is -2.14. The topological polar surface area (TPSA) is 73.2 Å². The van der Waals surface area contributed by atoms with Gasteiger partial charge in [0.25, 0.3) is 0 Å². The van der Waals surface area contributed by atoms with Crippen LogP contribution in [0.4, 0.5) is 5.69 Å². The second-order valence-corrected chi connectivity index (χ2v) is 7.06. The number of carbonyl (C=O) groups is 2. The molecule has 0 aliphatic heterocycles. The molecule has 0 saturated carbocycles. The highest BCUT2D eigenvalue weighted by atomic mass is 32.2. The lowest BCUT2D eigenvalue weighted by atomic mass is 10.1. The Bertz CT molecular complexity index is 967. The van der Waals surface area contributed by atoms with E-state index in [4.69, 9.17) is 4.74 Å². The second kappa shape index (κ2) is 9.23. The van der Waals surface area contributed by atoms with Crippen LogP contribution in [0.5, 0.6) is 5.75 Å². The van der Waals surface area contributed by atoms with E-state index in [1.807, 2.05) is 35.0 Å². The number of para-hydroxylation sites is 1. The van der Waals surface area contributed by atoms with Gasteiger partial charge in [-0.25, -0.2) is 4.98 Å². The number of thioether (sulfide) groups is 1. The molecule has 144 valence electrons. The van der Waals surface area contributed by atoms with Crippen molar-refractivity contribution in [1.82, 2.24) is 9.55 Å². The number of ether oxygens (including phenoxy) is 1. The second-order valence-electron chi connectivity index (χ2n) is 6.12. The number of methoxy groups -OCH3 is 1. The molecule has 3 aromatic rings. The molecule has 0 unspecified atom stereocenters. The van der Waals surface area contributed by atoms with Crippen LogP contribution in [0.15, 0.2) is 66.1 Å². The van der Waals surface area contributed by atoms with Crippen molar-refractivity contribution in [2.24, 2.45) is 0 Å². The van der Waals surface area contributed by atoms with Gasteiger partial charge in [0.05, 0.1) is 19.4 Å². The van der Waals surface area contributed by atoms with Crippen LogP contribution in [0.2, 0.25) is 0 Å². The summed E-state index contributed by atoms with van der Waals surface area (Å²) in [6.45, 7) is 2.12. The van der Waals surface area contributed by atoms with Crippen LogP contribution in [0.3, 0.4) is 0 Å². The molecule has 0 fully saturated rings. The molecule has 0 atom stereocenters. The Balaban J connectivity index is 1.58. The van der Waals surface area contributed by atoms with Crippen LogP contribution in [0.25, 0.3) is 0 Å². The average Bonchev–Trinajstić information content (AvgIpc) is 3.14. The van der Waals surface area contributed by atoms with Gasteiger partial charge >= 0.3 is 0 Å². The lowest BCUT2D eigenvalue weighted by molar-refractivity contribution is -0.113. The smallest absolute Gasteiger partial charge is 0.234 e. The molecular formula is C21H21N3O3S. The number of nitrogens with zero attached hydrogens (tertiary/aromatic N) is 2. The Kier molecular flexibility index (Phi) is 6.49. The van der Waals surface area contributed by atoms with Crippen molar-refractivity contribution < 1.29 is 14.3 Å². The number of hydrogen-bond acceptors (Lipinski definition) is 5. The van der Waals surface area contributed by atoms with E-state index in [0.717, 1.165) is 16.5 Å². The van der Waals surface area contributed by atoms with Gasteiger partial charge in [0.1, 0.15) is 5.75 Å². The normalized spacial score (nSPS) is 10.5. The van der Waals surface area contributed by atoms with Gasteiger partial charge in [-0.2, -0.15) is 0 Å².